The molecule has 0 bridgehead atoms. The molecule has 0 N–H and O–H groups in total. The number of aromatic nitrogens is 5. The monoisotopic (exact) mass is 401 g/mol. The molecular weight excluding hydrogens is 389 g/mol. The van der Waals surface area contributed by atoms with Gasteiger partial charge in [-0.25, -0.2) is 14.4 Å². The van der Waals surface area contributed by atoms with E-state index in [-0.39, 0.29) is 5.82 Å². The lowest BCUT2D eigenvalue weighted by molar-refractivity contribution is 0.414. The number of thioether (sulfide) groups is 1. The van der Waals surface area contributed by atoms with Gasteiger partial charge in [-0.3, -0.25) is 0 Å². The predicted octanol–water partition coefficient (Wildman–Crippen LogP) is 4.30. The molecule has 4 rings (SSSR count). The summed E-state index contributed by atoms with van der Waals surface area (Å²) in [6, 6.07) is 12.0. The Morgan fingerprint density at radius 2 is 2.04 bits per heavy atom. The number of methoxy groups -OCH3 is 1. The van der Waals surface area contributed by atoms with Crippen LogP contribution < -0.4 is 4.74 Å². The summed E-state index contributed by atoms with van der Waals surface area (Å²) in [7, 11) is 1.60. The fraction of sp³-hybridized carbons (Fsp3) is 0.111. The first kappa shape index (κ1) is 17.7. The molecule has 9 heteroatoms. The van der Waals surface area contributed by atoms with E-state index in [1.165, 1.54) is 24.2 Å². The Morgan fingerprint density at radius 3 is 2.85 bits per heavy atom. The van der Waals surface area contributed by atoms with Crippen LogP contribution in [0.2, 0.25) is 5.02 Å². The van der Waals surface area contributed by atoms with Crippen molar-refractivity contribution < 1.29 is 9.13 Å². The minimum atomic E-state index is -0.347. The van der Waals surface area contributed by atoms with Crippen molar-refractivity contribution in [1.29, 1.82) is 0 Å². The number of hydrogen-bond donors (Lipinski definition) is 0. The number of benzene rings is 2. The molecule has 0 amide bonds. The maximum absolute atomic E-state index is 14.0. The van der Waals surface area contributed by atoms with Crippen molar-refractivity contribution >= 4 is 34.5 Å². The molecule has 0 aliphatic carbocycles. The fourth-order valence-corrected chi connectivity index (χ4v) is 3.83. The zero-order valence-corrected chi connectivity index (χ0v) is 15.7. The van der Waals surface area contributed by atoms with Crippen molar-refractivity contribution in [3.05, 3.63) is 65.2 Å². The first-order valence-electron chi connectivity index (χ1n) is 7.94. The number of hydrogen-bond acceptors (Lipinski definition) is 6. The standard InChI is InChI=1S/C18H13ClFN5OS/c1-26-12-5-2-4-11(8-12)25-17-16(23-24-25)18(22-10-21-17)27-9-13-14(19)6-3-7-15(13)20/h2-8,10H,9H2,1H3. The van der Waals surface area contributed by atoms with E-state index in [0.717, 1.165) is 5.69 Å². The van der Waals surface area contributed by atoms with E-state index < -0.39 is 0 Å². The summed E-state index contributed by atoms with van der Waals surface area (Å²) in [5.41, 5.74) is 2.29. The number of nitrogens with zero attached hydrogens (tertiary/aromatic N) is 5. The van der Waals surface area contributed by atoms with Crippen molar-refractivity contribution in [2.24, 2.45) is 0 Å². The van der Waals surface area contributed by atoms with E-state index in [0.29, 0.717) is 38.3 Å². The van der Waals surface area contributed by atoms with Crippen LogP contribution in [0.25, 0.3) is 16.9 Å². The molecule has 0 aliphatic rings. The third-order valence-electron chi connectivity index (χ3n) is 3.92. The zero-order valence-electron chi connectivity index (χ0n) is 14.1. The van der Waals surface area contributed by atoms with Gasteiger partial charge in [-0.05, 0) is 24.3 Å². The van der Waals surface area contributed by atoms with Gasteiger partial charge in [-0.1, -0.05) is 40.7 Å². The van der Waals surface area contributed by atoms with E-state index in [9.17, 15) is 4.39 Å². The Bertz CT molecular complexity index is 1100. The highest BCUT2D eigenvalue weighted by Crippen LogP contribution is 2.30. The van der Waals surface area contributed by atoms with Gasteiger partial charge in [0, 0.05) is 22.4 Å². The average molecular weight is 402 g/mol. The van der Waals surface area contributed by atoms with Crippen LogP contribution in [0.1, 0.15) is 5.56 Å². The molecule has 4 aromatic rings. The van der Waals surface area contributed by atoms with Gasteiger partial charge in [0.05, 0.1) is 12.8 Å². The van der Waals surface area contributed by atoms with Crippen molar-refractivity contribution in [1.82, 2.24) is 25.0 Å². The molecule has 2 aromatic heterocycles. The quantitative estimate of drug-likeness (QED) is 0.367. The van der Waals surface area contributed by atoms with Gasteiger partial charge in [0.15, 0.2) is 11.2 Å². The highest BCUT2D eigenvalue weighted by atomic mass is 35.5. The Kier molecular flexibility index (Phi) is 4.91. The fourth-order valence-electron chi connectivity index (χ4n) is 2.56. The Balaban J connectivity index is 1.68. The molecule has 2 heterocycles. The summed E-state index contributed by atoms with van der Waals surface area (Å²) in [6.07, 6.45) is 1.44. The molecule has 0 fully saturated rings. The normalized spacial score (nSPS) is 11.1. The smallest absolute Gasteiger partial charge is 0.187 e. The van der Waals surface area contributed by atoms with Crippen LogP contribution in [-0.2, 0) is 5.75 Å². The highest BCUT2D eigenvalue weighted by Gasteiger charge is 2.15. The number of ether oxygens (including phenoxy) is 1. The summed E-state index contributed by atoms with van der Waals surface area (Å²) >= 11 is 7.43. The second-order valence-corrected chi connectivity index (χ2v) is 6.91. The van der Waals surface area contributed by atoms with Gasteiger partial charge < -0.3 is 4.74 Å². The summed E-state index contributed by atoms with van der Waals surface area (Å²) in [6.45, 7) is 0. The van der Waals surface area contributed by atoms with E-state index in [4.69, 9.17) is 16.3 Å². The third-order valence-corrected chi connectivity index (χ3v) is 5.28. The Labute approximate surface area is 163 Å². The molecule has 136 valence electrons. The molecule has 0 atom stereocenters. The molecule has 6 nitrogen and oxygen atoms in total. The molecule has 0 unspecified atom stereocenters. The predicted molar refractivity (Wildman–Crippen MR) is 102 cm³/mol. The van der Waals surface area contributed by atoms with Crippen molar-refractivity contribution in [2.75, 3.05) is 7.11 Å². The van der Waals surface area contributed by atoms with E-state index in [1.807, 2.05) is 24.3 Å². The Hall–Kier alpha value is -2.71. The van der Waals surface area contributed by atoms with Gasteiger partial charge >= 0.3 is 0 Å². The number of halogens is 2. The zero-order chi connectivity index (χ0) is 18.8. The van der Waals surface area contributed by atoms with Gasteiger partial charge in [-0.2, -0.15) is 4.68 Å². The van der Waals surface area contributed by atoms with E-state index in [2.05, 4.69) is 20.3 Å². The summed E-state index contributed by atoms with van der Waals surface area (Å²) in [4.78, 5) is 8.56. The van der Waals surface area contributed by atoms with Crippen LogP contribution in [0.3, 0.4) is 0 Å². The minimum absolute atomic E-state index is 0.323. The molecule has 0 radical (unpaired) electrons. The highest BCUT2D eigenvalue weighted by molar-refractivity contribution is 7.98. The van der Waals surface area contributed by atoms with Crippen molar-refractivity contribution in [3.63, 3.8) is 0 Å². The van der Waals surface area contributed by atoms with Crippen LogP contribution in [0, 0.1) is 5.82 Å². The first-order valence-corrected chi connectivity index (χ1v) is 9.30. The molecular formula is C18H13ClFN5OS. The third kappa shape index (κ3) is 3.45. The molecule has 0 saturated carbocycles. The van der Waals surface area contributed by atoms with Crippen LogP contribution >= 0.6 is 23.4 Å². The summed E-state index contributed by atoms with van der Waals surface area (Å²) in [5, 5.41) is 9.38. The lowest BCUT2D eigenvalue weighted by Gasteiger charge is -2.06. The number of rotatable bonds is 5. The van der Waals surface area contributed by atoms with Crippen molar-refractivity contribution in [2.45, 2.75) is 10.8 Å². The lowest BCUT2D eigenvalue weighted by Crippen LogP contribution is -1.99. The van der Waals surface area contributed by atoms with Crippen LogP contribution in [0.5, 0.6) is 5.75 Å². The van der Waals surface area contributed by atoms with Gasteiger partial charge in [-0.15, -0.1) is 5.10 Å². The SMILES string of the molecule is COc1cccc(-n2nnc3c(SCc4c(F)cccc4Cl)ncnc32)c1. The molecule has 27 heavy (non-hydrogen) atoms. The largest absolute Gasteiger partial charge is 0.497 e. The molecule has 2 aromatic carbocycles. The maximum atomic E-state index is 14.0. The molecule has 0 spiro atoms. The van der Waals surface area contributed by atoms with Gasteiger partial charge in [0.1, 0.15) is 22.9 Å². The maximum Gasteiger partial charge on any atom is 0.187 e. The first-order chi connectivity index (χ1) is 13.2. The van der Waals surface area contributed by atoms with E-state index in [1.54, 1.807) is 23.9 Å². The van der Waals surface area contributed by atoms with E-state index >= 15 is 0 Å². The summed E-state index contributed by atoms with van der Waals surface area (Å²) < 4.78 is 20.9. The van der Waals surface area contributed by atoms with Gasteiger partial charge in [0.2, 0.25) is 0 Å². The lowest BCUT2D eigenvalue weighted by atomic mass is 10.2. The molecule has 0 aliphatic heterocycles. The van der Waals surface area contributed by atoms with Gasteiger partial charge in [0.25, 0.3) is 0 Å². The van der Waals surface area contributed by atoms with Crippen LogP contribution in [0.4, 0.5) is 4.39 Å². The second kappa shape index (κ2) is 7.50. The average Bonchev–Trinajstić information content (AvgIpc) is 3.12. The second-order valence-electron chi connectivity index (χ2n) is 5.54. The van der Waals surface area contributed by atoms with Crippen LogP contribution in [-0.4, -0.2) is 32.1 Å². The molecule has 0 saturated heterocycles. The Morgan fingerprint density at radius 1 is 1.19 bits per heavy atom. The van der Waals surface area contributed by atoms with Crippen molar-refractivity contribution in [3.8, 4) is 11.4 Å². The topological polar surface area (TPSA) is 65.7 Å². The summed E-state index contributed by atoms with van der Waals surface area (Å²) in [5.74, 6) is 0.679. The number of fused-ring (bicyclic) bond motifs is 1. The van der Waals surface area contributed by atoms with Crippen LogP contribution in [0.15, 0.2) is 53.8 Å². The minimum Gasteiger partial charge on any atom is -0.497 e.